The lowest BCUT2D eigenvalue weighted by molar-refractivity contribution is 0.100. The van der Waals surface area contributed by atoms with E-state index in [2.05, 4.69) is 15.6 Å². The quantitative estimate of drug-likeness (QED) is 0.205. The smallest absolute Gasteiger partial charge is 0.280 e. The van der Waals surface area contributed by atoms with Crippen molar-refractivity contribution in [2.24, 2.45) is 16.5 Å². The van der Waals surface area contributed by atoms with Gasteiger partial charge in [0.2, 0.25) is 5.96 Å². The highest BCUT2D eigenvalue weighted by Gasteiger charge is 2.16. The number of nitrogens with one attached hydrogen (secondary N) is 2. The number of carbonyl (C=O) groups is 1. The molecule has 0 saturated carbocycles. The Morgan fingerprint density at radius 1 is 0.971 bits per heavy atom. The number of guanidine groups is 1. The minimum absolute atomic E-state index is 0.0586. The summed E-state index contributed by atoms with van der Waals surface area (Å²) < 4.78 is 40.2. The summed E-state index contributed by atoms with van der Waals surface area (Å²) in [6.07, 6.45) is -0.533. The minimum Gasteiger partial charge on any atom is -0.352 e. The third-order valence-electron chi connectivity index (χ3n) is 4.95. The van der Waals surface area contributed by atoms with E-state index >= 15 is 0 Å². The molecule has 3 aromatic rings. The van der Waals surface area contributed by atoms with Crippen LogP contribution in [0, 0.1) is 17.5 Å². The lowest BCUT2D eigenvalue weighted by Crippen LogP contribution is -2.49. The normalized spacial score (nSPS) is 13.3. The van der Waals surface area contributed by atoms with Crippen LogP contribution in [0.25, 0.3) is 0 Å². The fourth-order valence-electron chi connectivity index (χ4n) is 3.14. The molecule has 0 aliphatic rings. The van der Waals surface area contributed by atoms with Gasteiger partial charge in [0.15, 0.2) is 11.6 Å². The first kappa shape index (κ1) is 26.5. The molecule has 6 nitrogen and oxygen atoms in total. The average Bonchev–Trinajstić information content (AvgIpc) is 2.80. The van der Waals surface area contributed by atoms with Gasteiger partial charge in [0.1, 0.15) is 5.82 Å². The van der Waals surface area contributed by atoms with Gasteiger partial charge in [0, 0.05) is 28.2 Å². The molecule has 184 valence electrons. The first-order valence-corrected chi connectivity index (χ1v) is 11.2. The van der Waals surface area contributed by atoms with E-state index in [0.29, 0.717) is 10.6 Å². The Balaban J connectivity index is 1.78. The summed E-state index contributed by atoms with van der Waals surface area (Å²) in [5.41, 5.74) is 13.5. The zero-order chi connectivity index (χ0) is 25.5. The maximum atomic E-state index is 13.6. The second-order valence-corrected chi connectivity index (χ2v) is 8.48. The van der Waals surface area contributed by atoms with Gasteiger partial charge in [-0.2, -0.15) is 4.99 Å². The number of nitrogens with zero attached hydrogens (tertiary/aromatic N) is 1. The fourth-order valence-corrected chi connectivity index (χ4v) is 3.58. The van der Waals surface area contributed by atoms with E-state index in [-0.39, 0.29) is 29.5 Å². The Morgan fingerprint density at radius 2 is 1.74 bits per heavy atom. The van der Waals surface area contributed by atoms with Crippen LogP contribution in [-0.4, -0.2) is 18.0 Å². The third kappa shape index (κ3) is 7.69. The summed E-state index contributed by atoms with van der Waals surface area (Å²) in [4.78, 5) is 16.5. The van der Waals surface area contributed by atoms with E-state index in [9.17, 15) is 18.0 Å². The van der Waals surface area contributed by atoms with Crippen molar-refractivity contribution in [1.29, 1.82) is 0 Å². The van der Waals surface area contributed by atoms with Crippen molar-refractivity contribution in [2.45, 2.75) is 25.2 Å². The first-order chi connectivity index (χ1) is 16.6. The summed E-state index contributed by atoms with van der Waals surface area (Å²) in [6, 6.07) is 13.0. The summed E-state index contributed by atoms with van der Waals surface area (Å²) in [5.74, 6) is -3.70. The highest BCUT2D eigenvalue weighted by Crippen LogP contribution is 2.19. The van der Waals surface area contributed by atoms with Crippen LogP contribution in [0.2, 0.25) is 10.0 Å². The third-order valence-corrected chi connectivity index (χ3v) is 5.54. The van der Waals surface area contributed by atoms with Gasteiger partial charge in [0.25, 0.3) is 5.91 Å². The van der Waals surface area contributed by atoms with Crippen molar-refractivity contribution in [2.75, 3.05) is 0 Å². The fraction of sp³-hybridized carbons (Fsp3) is 0.167. The molecule has 3 rings (SSSR count). The highest BCUT2D eigenvalue weighted by molar-refractivity contribution is 6.31. The van der Waals surface area contributed by atoms with E-state index < -0.39 is 35.6 Å². The predicted molar refractivity (Wildman–Crippen MR) is 130 cm³/mol. The maximum absolute atomic E-state index is 13.6. The lowest BCUT2D eigenvalue weighted by Gasteiger charge is -2.21. The van der Waals surface area contributed by atoms with Crippen molar-refractivity contribution in [1.82, 2.24) is 10.6 Å². The number of nitrogens with two attached hydrogens (primary N) is 2. The van der Waals surface area contributed by atoms with Crippen molar-refractivity contribution in [3.05, 3.63) is 105 Å². The van der Waals surface area contributed by atoms with E-state index in [0.717, 1.165) is 29.8 Å². The summed E-state index contributed by atoms with van der Waals surface area (Å²) in [5, 5.41) is 6.42. The van der Waals surface area contributed by atoms with Gasteiger partial charge in [-0.3, -0.25) is 4.79 Å². The second-order valence-electron chi connectivity index (χ2n) is 7.63. The SMILES string of the molecule is NC(CC(N)c1cccc(Cl)c1)N/C(=N\C(=O)c1ccc(F)c(F)c1)NCc1ccc(F)cc1Cl. The van der Waals surface area contributed by atoms with Gasteiger partial charge >= 0.3 is 0 Å². The lowest BCUT2D eigenvalue weighted by atomic mass is 10.0. The molecule has 2 atom stereocenters. The Hall–Kier alpha value is -3.11. The number of amides is 1. The van der Waals surface area contributed by atoms with Gasteiger partial charge < -0.3 is 22.1 Å². The molecule has 0 heterocycles. The van der Waals surface area contributed by atoms with E-state index in [1.165, 1.54) is 12.1 Å². The number of hydrogen-bond donors (Lipinski definition) is 4. The molecule has 11 heteroatoms. The van der Waals surface area contributed by atoms with Crippen LogP contribution in [-0.2, 0) is 6.54 Å². The van der Waals surface area contributed by atoms with Crippen LogP contribution in [0.4, 0.5) is 13.2 Å². The molecule has 35 heavy (non-hydrogen) atoms. The molecule has 3 aromatic carbocycles. The monoisotopic (exact) mass is 523 g/mol. The largest absolute Gasteiger partial charge is 0.352 e. The number of carbonyl (C=O) groups excluding carboxylic acids is 1. The van der Waals surface area contributed by atoms with Crippen molar-refractivity contribution in [3.63, 3.8) is 0 Å². The molecular formula is C24H22Cl2F3N5O. The van der Waals surface area contributed by atoms with Crippen LogP contribution in [0.5, 0.6) is 0 Å². The summed E-state index contributed by atoms with van der Waals surface area (Å²) >= 11 is 12.1. The van der Waals surface area contributed by atoms with Crippen LogP contribution in [0.15, 0.2) is 65.7 Å². The molecule has 0 aliphatic heterocycles. The van der Waals surface area contributed by atoms with Gasteiger partial charge in [-0.25, -0.2) is 13.2 Å². The summed E-state index contributed by atoms with van der Waals surface area (Å²) in [7, 11) is 0. The first-order valence-electron chi connectivity index (χ1n) is 10.4. The number of rotatable bonds is 7. The molecule has 2 unspecified atom stereocenters. The van der Waals surface area contributed by atoms with Crippen LogP contribution < -0.4 is 22.1 Å². The van der Waals surface area contributed by atoms with Crippen LogP contribution in [0.3, 0.4) is 0 Å². The zero-order valence-electron chi connectivity index (χ0n) is 18.2. The topological polar surface area (TPSA) is 106 Å². The summed E-state index contributed by atoms with van der Waals surface area (Å²) in [6.45, 7) is 0.0586. The molecule has 0 spiro atoms. The Labute approximate surface area is 210 Å². The molecule has 1 amide bonds. The van der Waals surface area contributed by atoms with Gasteiger partial charge in [-0.05, 0) is 60.0 Å². The molecule has 0 aromatic heterocycles. The number of halogens is 5. The highest BCUT2D eigenvalue weighted by atomic mass is 35.5. The van der Waals surface area contributed by atoms with Gasteiger partial charge in [-0.1, -0.05) is 41.4 Å². The Bertz CT molecular complexity index is 1240. The Morgan fingerprint density at radius 3 is 2.43 bits per heavy atom. The van der Waals surface area contributed by atoms with Gasteiger partial charge in [0.05, 0.1) is 6.17 Å². The van der Waals surface area contributed by atoms with Crippen molar-refractivity contribution < 1.29 is 18.0 Å². The molecule has 0 radical (unpaired) electrons. The molecule has 6 N–H and O–H groups in total. The van der Waals surface area contributed by atoms with Crippen molar-refractivity contribution >= 4 is 35.1 Å². The van der Waals surface area contributed by atoms with E-state index in [1.54, 1.807) is 24.3 Å². The molecule has 0 aliphatic carbocycles. The molecule has 0 fully saturated rings. The number of hydrogen-bond acceptors (Lipinski definition) is 3. The second kappa shape index (κ2) is 12.0. The Kier molecular flexibility index (Phi) is 9.11. The minimum atomic E-state index is -1.18. The van der Waals surface area contributed by atoms with Gasteiger partial charge in [-0.15, -0.1) is 0 Å². The standard InChI is InChI=1S/C24H22Cl2F3N5O/c25-16-3-1-2-13(8-16)21(30)11-22(31)33-24(32-12-15-4-6-17(27)10-18(15)26)34-23(35)14-5-7-19(28)20(29)9-14/h1-10,21-22H,11-12,30-31H2,(H2,32,33,34,35). The van der Waals surface area contributed by atoms with Crippen molar-refractivity contribution in [3.8, 4) is 0 Å². The number of aliphatic imine (C=N–C) groups is 1. The molecule has 0 saturated heterocycles. The van der Waals surface area contributed by atoms with E-state index in [1.807, 2.05) is 0 Å². The van der Waals surface area contributed by atoms with Crippen LogP contribution >= 0.6 is 23.2 Å². The molecule has 0 bridgehead atoms. The van der Waals surface area contributed by atoms with E-state index in [4.69, 9.17) is 34.7 Å². The maximum Gasteiger partial charge on any atom is 0.280 e. The molecular weight excluding hydrogens is 502 g/mol. The zero-order valence-corrected chi connectivity index (χ0v) is 19.8. The average molecular weight is 524 g/mol. The predicted octanol–water partition coefficient (Wildman–Crippen LogP) is 4.66. The number of benzene rings is 3. The van der Waals surface area contributed by atoms with Crippen LogP contribution in [0.1, 0.15) is 33.9 Å².